The number of carbonyl (C=O) groups is 2. The number of methoxy groups -OCH3 is 1. The molecule has 0 saturated heterocycles. The van der Waals surface area contributed by atoms with E-state index in [0.29, 0.717) is 24.7 Å². The molecule has 2 rings (SSSR count). The molecule has 0 spiro atoms. The number of carboxylic acid groups (broad SMARTS) is 1. The molecule has 0 aliphatic heterocycles. The van der Waals surface area contributed by atoms with E-state index in [-0.39, 0.29) is 28.8 Å². The lowest BCUT2D eigenvalue weighted by molar-refractivity contribution is 0.0682. The van der Waals surface area contributed by atoms with Gasteiger partial charge in [-0.3, -0.25) is 9.36 Å². The molecule has 0 aliphatic rings. The molecule has 0 fully saturated rings. The molecule has 8 heteroatoms. The molecule has 0 unspecified atom stereocenters. The summed E-state index contributed by atoms with van der Waals surface area (Å²) < 4.78 is 18.5. The molecule has 8 nitrogen and oxygen atoms in total. The highest BCUT2D eigenvalue weighted by Crippen LogP contribution is 2.41. The number of rotatable bonds is 12. The minimum Gasteiger partial charge on any atom is -0.497 e. The van der Waals surface area contributed by atoms with Crippen molar-refractivity contribution in [2.45, 2.75) is 39.5 Å². The number of benzene rings is 1. The topological polar surface area (TPSA) is 90.2 Å². The van der Waals surface area contributed by atoms with E-state index in [1.807, 2.05) is 13.8 Å². The Morgan fingerprint density at radius 2 is 1.45 bits per heavy atom. The summed E-state index contributed by atoms with van der Waals surface area (Å²) in [6.07, 6.45) is 3.29. The number of hydrogen-bond acceptors (Lipinski definition) is 5. The van der Waals surface area contributed by atoms with Crippen molar-refractivity contribution in [2.75, 3.05) is 34.4 Å². The Hall–Kier alpha value is -3.16. The van der Waals surface area contributed by atoms with Gasteiger partial charge in [-0.1, -0.05) is 26.7 Å². The van der Waals surface area contributed by atoms with E-state index in [1.165, 1.54) is 9.47 Å². The Balaban J connectivity index is 2.79. The van der Waals surface area contributed by atoms with Crippen molar-refractivity contribution < 1.29 is 28.9 Å². The Bertz CT molecular complexity index is 886. The summed E-state index contributed by atoms with van der Waals surface area (Å²) >= 11 is 0. The van der Waals surface area contributed by atoms with Crippen LogP contribution in [-0.2, 0) is 0 Å². The Morgan fingerprint density at radius 1 is 0.935 bits per heavy atom. The van der Waals surface area contributed by atoms with Crippen LogP contribution < -0.4 is 14.2 Å². The maximum Gasteiger partial charge on any atom is 0.356 e. The van der Waals surface area contributed by atoms with Gasteiger partial charge in [-0.05, 0) is 37.1 Å². The van der Waals surface area contributed by atoms with Gasteiger partial charge in [0.15, 0.2) is 22.9 Å². The third-order valence-corrected chi connectivity index (χ3v) is 4.71. The zero-order chi connectivity index (χ0) is 23.0. The van der Waals surface area contributed by atoms with Gasteiger partial charge < -0.3 is 24.2 Å². The third kappa shape index (κ3) is 5.51. The maximum absolute atomic E-state index is 13.2. The number of amides is 1. The zero-order valence-corrected chi connectivity index (χ0v) is 18.9. The fourth-order valence-corrected chi connectivity index (χ4v) is 3.02. The van der Waals surface area contributed by atoms with Crippen molar-refractivity contribution in [2.24, 2.45) is 0 Å². The first kappa shape index (κ1) is 24.1. The van der Waals surface area contributed by atoms with Crippen LogP contribution in [0, 0.1) is 0 Å². The van der Waals surface area contributed by atoms with Crippen molar-refractivity contribution in [3.8, 4) is 22.9 Å². The quantitative estimate of drug-likeness (QED) is 0.505. The molecule has 2 aromatic rings. The van der Waals surface area contributed by atoms with Crippen LogP contribution >= 0.6 is 0 Å². The standard InChI is InChI=1S/C23H32N2O6/c1-6-8-14-30-20-18(22(26)24(3)4)25(16-10-12-17(29-5)13-11-16)19(23(27)28)21(20)31-15-9-7-2/h10-13H,6-9,14-15H2,1-5H3,(H,27,28). The molecule has 1 N–H and O–H groups in total. The van der Waals surface area contributed by atoms with Crippen LogP contribution in [0.3, 0.4) is 0 Å². The largest absolute Gasteiger partial charge is 0.497 e. The third-order valence-electron chi connectivity index (χ3n) is 4.71. The van der Waals surface area contributed by atoms with E-state index < -0.39 is 5.97 Å². The number of hydrogen-bond donors (Lipinski definition) is 1. The van der Waals surface area contributed by atoms with Gasteiger partial charge in [0.1, 0.15) is 5.75 Å². The highest BCUT2D eigenvalue weighted by atomic mass is 16.5. The zero-order valence-electron chi connectivity index (χ0n) is 18.9. The lowest BCUT2D eigenvalue weighted by Gasteiger charge is -2.16. The molecule has 170 valence electrons. The molecule has 0 atom stereocenters. The Kier molecular flexibility index (Phi) is 8.78. The minimum atomic E-state index is -1.21. The maximum atomic E-state index is 13.2. The van der Waals surface area contributed by atoms with Crippen molar-refractivity contribution >= 4 is 11.9 Å². The number of carbonyl (C=O) groups excluding carboxylic acids is 1. The Labute approximate surface area is 183 Å². The smallest absolute Gasteiger partial charge is 0.356 e. The fourth-order valence-electron chi connectivity index (χ4n) is 3.02. The van der Waals surface area contributed by atoms with Crippen LogP contribution in [0.4, 0.5) is 0 Å². The van der Waals surface area contributed by atoms with Crippen LogP contribution in [0.25, 0.3) is 5.69 Å². The van der Waals surface area contributed by atoms with Gasteiger partial charge in [0, 0.05) is 19.8 Å². The molecule has 1 aromatic carbocycles. The van der Waals surface area contributed by atoms with Crippen LogP contribution in [0.1, 0.15) is 60.5 Å². The van der Waals surface area contributed by atoms with E-state index >= 15 is 0 Å². The molecule has 0 bridgehead atoms. The van der Waals surface area contributed by atoms with Crippen LogP contribution in [0.2, 0.25) is 0 Å². The van der Waals surface area contributed by atoms with Gasteiger partial charge in [-0.25, -0.2) is 4.79 Å². The number of aromatic nitrogens is 1. The summed E-state index contributed by atoms with van der Waals surface area (Å²) in [6.45, 7) is 4.71. The monoisotopic (exact) mass is 432 g/mol. The average Bonchev–Trinajstić information content (AvgIpc) is 3.07. The highest BCUT2D eigenvalue weighted by molar-refractivity contribution is 6.02. The second-order valence-corrected chi connectivity index (χ2v) is 7.30. The summed E-state index contributed by atoms with van der Waals surface area (Å²) in [5.41, 5.74) is 0.474. The van der Waals surface area contributed by atoms with E-state index in [2.05, 4.69) is 0 Å². The second-order valence-electron chi connectivity index (χ2n) is 7.30. The molecule has 0 saturated carbocycles. The van der Waals surface area contributed by atoms with Gasteiger partial charge >= 0.3 is 5.97 Å². The van der Waals surface area contributed by atoms with Crippen molar-refractivity contribution in [3.05, 3.63) is 35.7 Å². The average molecular weight is 433 g/mol. The van der Waals surface area contributed by atoms with Crippen LogP contribution in [0.15, 0.2) is 24.3 Å². The predicted octanol–water partition coefficient (Wildman–Crippen LogP) is 4.24. The van der Waals surface area contributed by atoms with Gasteiger partial charge in [0.2, 0.25) is 0 Å². The first-order valence-corrected chi connectivity index (χ1v) is 10.5. The molecule has 0 aliphatic carbocycles. The molecule has 31 heavy (non-hydrogen) atoms. The first-order valence-electron chi connectivity index (χ1n) is 10.5. The summed E-state index contributed by atoms with van der Waals surface area (Å²) in [6, 6.07) is 6.81. The predicted molar refractivity (Wildman–Crippen MR) is 118 cm³/mol. The summed E-state index contributed by atoms with van der Waals surface area (Å²) in [5.74, 6) is -0.725. The lowest BCUT2D eigenvalue weighted by Crippen LogP contribution is -2.26. The van der Waals surface area contributed by atoms with E-state index in [0.717, 1.165) is 25.7 Å². The molecule has 1 amide bonds. The summed E-state index contributed by atoms with van der Waals surface area (Å²) in [5, 5.41) is 10.1. The van der Waals surface area contributed by atoms with E-state index in [9.17, 15) is 14.7 Å². The second kappa shape index (κ2) is 11.3. The highest BCUT2D eigenvalue weighted by Gasteiger charge is 2.35. The van der Waals surface area contributed by atoms with Crippen molar-refractivity contribution in [1.82, 2.24) is 9.47 Å². The van der Waals surface area contributed by atoms with Gasteiger partial charge in [-0.15, -0.1) is 0 Å². The van der Waals surface area contributed by atoms with E-state index in [4.69, 9.17) is 14.2 Å². The molecular formula is C23H32N2O6. The minimum absolute atomic E-state index is 0.0815. The number of unbranched alkanes of at least 4 members (excludes halogenated alkanes) is 2. The summed E-state index contributed by atoms with van der Waals surface area (Å²) in [7, 11) is 4.77. The first-order chi connectivity index (χ1) is 14.9. The number of ether oxygens (including phenoxy) is 3. The molecule has 1 aromatic heterocycles. The fraction of sp³-hybridized carbons (Fsp3) is 0.478. The Morgan fingerprint density at radius 3 is 1.87 bits per heavy atom. The number of nitrogens with zero attached hydrogens (tertiary/aromatic N) is 2. The van der Waals surface area contributed by atoms with Gasteiger partial charge in [0.05, 0.1) is 20.3 Å². The van der Waals surface area contributed by atoms with Crippen LogP contribution in [0.5, 0.6) is 17.2 Å². The number of carboxylic acids is 1. The van der Waals surface area contributed by atoms with Gasteiger partial charge in [0.25, 0.3) is 5.91 Å². The van der Waals surface area contributed by atoms with Crippen molar-refractivity contribution in [3.63, 3.8) is 0 Å². The normalized spacial score (nSPS) is 10.6. The van der Waals surface area contributed by atoms with Gasteiger partial charge in [-0.2, -0.15) is 0 Å². The SMILES string of the molecule is CCCCOc1c(OCCCC)c(C(=O)N(C)C)n(-c2ccc(OC)cc2)c1C(=O)O. The lowest BCUT2D eigenvalue weighted by atomic mass is 10.2. The molecular weight excluding hydrogens is 400 g/mol. The van der Waals surface area contributed by atoms with Crippen LogP contribution in [-0.4, -0.2) is 60.9 Å². The molecule has 1 heterocycles. The van der Waals surface area contributed by atoms with E-state index in [1.54, 1.807) is 45.5 Å². The number of aromatic carboxylic acids is 1. The molecule has 0 radical (unpaired) electrons. The summed E-state index contributed by atoms with van der Waals surface area (Å²) in [4.78, 5) is 26.9. The van der Waals surface area contributed by atoms with Crippen molar-refractivity contribution in [1.29, 1.82) is 0 Å².